The maximum Gasteiger partial charge on any atom is 0.203 e. The van der Waals surface area contributed by atoms with Gasteiger partial charge in [-0.05, 0) is 31.9 Å². The summed E-state index contributed by atoms with van der Waals surface area (Å²) in [5.74, 6) is 2.97. The van der Waals surface area contributed by atoms with Crippen LogP contribution in [0.25, 0.3) is 0 Å². The van der Waals surface area contributed by atoms with Crippen molar-refractivity contribution in [2.45, 2.75) is 25.4 Å². The maximum absolute atomic E-state index is 5.64. The van der Waals surface area contributed by atoms with Crippen molar-refractivity contribution in [2.24, 2.45) is 5.92 Å². The fourth-order valence-electron chi connectivity index (χ4n) is 4.11. The molecule has 2 atom stereocenters. The van der Waals surface area contributed by atoms with Crippen LogP contribution in [-0.2, 0) is 6.54 Å². The van der Waals surface area contributed by atoms with Crippen LogP contribution in [-0.4, -0.2) is 63.9 Å². The zero-order chi connectivity index (χ0) is 16.4. The quantitative estimate of drug-likeness (QED) is 0.831. The predicted molar refractivity (Wildman–Crippen MR) is 90.5 cm³/mol. The number of ether oxygens (including phenoxy) is 3. The molecule has 1 aromatic rings. The number of hydrogen-bond acceptors (Lipinski definition) is 5. The van der Waals surface area contributed by atoms with Gasteiger partial charge in [0, 0.05) is 37.8 Å². The van der Waals surface area contributed by atoms with Crippen molar-refractivity contribution in [1.29, 1.82) is 0 Å². The summed E-state index contributed by atoms with van der Waals surface area (Å²) in [6.07, 6.45) is 2.65. The molecule has 1 aromatic carbocycles. The molecule has 0 N–H and O–H groups in total. The summed E-state index contributed by atoms with van der Waals surface area (Å²) >= 11 is 0. The fraction of sp³-hybridized carbons (Fsp3) is 0.667. The van der Waals surface area contributed by atoms with E-state index in [0.717, 1.165) is 24.8 Å². The first-order valence-electron chi connectivity index (χ1n) is 8.36. The highest BCUT2D eigenvalue weighted by Crippen LogP contribution is 2.41. The molecule has 0 amide bonds. The minimum absolute atomic E-state index is 0.636. The molecule has 0 spiro atoms. The molecule has 3 saturated heterocycles. The lowest BCUT2D eigenvalue weighted by atomic mass is 9.94. The van der Waals surface area contributed by atoms with Crippen molar-refractivity contribution < 1.29 is 14.2 Å². The van der Waals surface area contributed by atoms with E-state index < -0.39 is 0 Å². The van der Waals surface area contributed by atoms with Crippen molar-refractivity contribution in [3.63, 3.8) is 0 Å². The van der Waals surface area contributed by atoms with Gasteiger partial charge in [0.05, 0.1) is 21.3 Å². The van der Waals surface area contributed by atoms with Crippen molar-refractivity contribution >= 4 is 0 Å². The lowest BCUT2D eigenvalue weighted by molar-refractivity contribution is 0.123. The van der Waals surface area contributed by atoms with Crippen molar-refractivity contribution in [3.05, 3.63) is 17.7 Å². The summed E-state index contributed by atoms with van der Waals surface area (Å²) in [5, 5.41) is 0. The Morgan fingerprint density at radius 3 is 2.43 bits per heavy atom. The van der Waals surface area contributed by atoms with E-state index in [1.54, 1.807) is 21.3 Å². The van der Waals surface area contributed by atoms with Gasteiger partial charge >= 0.3 is 0 Å². The molecule has 3 aliphatic rings. The molecule has 128 valence electrons. The van der Waals surface area contributed by atoms with E-state index in [4.69, 9.17) is 14.2 Å². The normalized spacial score (nSPS) is 25.2. The topological polar surface area (TPSA) is 34.2 Å². The molecule has 4 rings (SSSR count). The molecular weight excluding hydrogens is 292 g/mol. The number of fused-ring (bicyclic) bond motifs is 4. The van der Waals surface area contributed by atoms with Crippen LogP contribution in [0.3, 0.4) is 0 Å². The van der Waals surface area contributed by atoms with Crippen LogP contribution in [0.1, 0.15) is 18.4 Å². The van der Waals surface area contributed by atoms with Gasteiger partial charge in [0.15, 0.2) is 11.5 Å². The Hall–Kier alpha value is -1.46. The van der Waals surface area contributed by atoms with Crippen molar-refractivity contribution in [1.82, 2.24) is 9.80 Å². The van der Waals surface area contributed by atoms with Crippen LogP contribution in [0.5, 0.6) is 17.2 Å². The summed E-state index contributed by atoms with van der Waals surface area (Å²) < 4.78 is 16.5. The Morgan fingerprint density at radius 1 is 0.957 bits per heavy atom. The Labute approximate surface area is 139 Å². The standard InChI is InChI=1S/C18H28N2O3/c1-19-9-13-5-7-15(12-19)20(10-13)11-14-6-8-16(21-2)18(23-4)17(14)22-3/h6,8,13,15H,5,7,9-12H2,1-4H3/t13-,15+/m1/s1. The second-order valence-corrected chi connectivity index (χ2v) is 6.74. The zero-order valence-electron chi connectivity index (χ0n) is 14.7. The Morgan fingerprint density at radius 2 is 1.74 bits per heavy atom. The molecule has 3 aliphatic heterocycles. The van der Waals surface area contributed by atoms with Gasteiger partial charge in [-0.3, -0.25) is 4.90 Å². The van der Waals surface area contributed by atoms with Gasteiger partial charge < -0.3 is 19.1 Å². The molecule has 5 heteroatoms. The van der Waals surface area contributed by atoms with E-state index >= 15 is 0 Å². The average Bonchev–Trinajstić information content (AvgIpc) is 2.83. The highest BCUT2D eigenvalue weighted by Gasteiger charge is 2.34. The van der Waals surface area contributed by atoms with Crippen molar-refractivity contribution in [2.75, 3.05) is 48.0 Å². The number of piperidine rings is 1. The first kappa shape index (κ1) is 16.4. The van der Waals surface area contributed by atoms with Crippen LogP contribution < -0.4 is 14.2 Å². The molecule has 3 heterocycles. The number of rotatable bonds is 5. The number of benzene rings is 1. The third-order valence-electron chi connectivity index (χ3n) is 5.17. The van der Waals surface area contributed by atoms with E-state index in [0.29, 0.717) is 17.5 Å². The minimum atomic E-state index is 0.636. The van der Waals surface area contributed by atoms with Crippen LogP contribution in [0.15, 0.2) is 12.1 Å². The lowest BCUT2D eigenvalue weighted by Crippen LogP contribution is -2.43. The smallest absolute Gasteiger partial charge is 0.203 e. The number of likely N-dealkylation sites (N-methyl/N-ethyl adjacent to an activating group) is 1. The lowest BCUT2D eigenvalue weighted by Gasteiger charge is -2.36. The van der Waals surface area contributed by atoms with E-state index in [9.17, 15) is 0 Å². The summed E-state index contributed by atoms with van der Waals surface area (Å²) in [6.45, 7) is 4.45. The van der Waals surface area contributed by atoms with Crippen LogP contribution in [0.4, 0.5) is 0 Å². The van der Waals surface area contributed by atoms with E-state index in [1.165, 1.54) is 31.5 Å². The Bertz CT molecular complexity index is 549. The number of methoxy groups -OCH3 is 3. The third-order valence-corrected chi connectivity index (χ3v) is 5.17. The molecule has 0 unspecified atom stereocenters. The second kappa shape index (κ2) is 6.97. The van der Waals surface area contributed by atoms with E-state index in [-0.39, 0.29) is 0 Å². The van der Waals surface area contributed by atoms with E-state index in [2.05, 4.69) is 22.9 Å². The Kier molecular flexibility index (Phi) is 4.97. The molecule has 3 fully saturated rings. The van der Waals surface area contributed by atoms with Crippen molar-refractivity contribution in [3.8, 4) is 17.2 Å². The molecule has 23 heavy (non-hydrogen) atoms. The summed E-state index contributed by atoms with van der Waals surface area (Å²) in [4.78, 5) is 5.09. The number of nitrogens with zero attached hydrogens (tertiary/aromatic N) is 2. The molecule has 5 nitrogen and oxygen atoms in total. The summed E-state index contributed by atoms with van der Waals surface area (Å²) in [7, 11) is 7.25. The van der Waals surface area contributed by atoms with Crippen LogP contribution in [0, 0.1) is 5.92 Å². The molecular formula is C18H28N2O3. The summed E-state index contributed by atoms with van der Waals surface area (Å²) in [5.41, 5.74) is 1.17. The third kappa shape index (κ3) is 3.26. The molecule has 0 radical (unpaired) electrons. The second-order valence-electron chi connectivity index (χ2n) is 6.74. The van der Waals surface area contributed by atoms with Gasteiger partial charge in [0.1, 0.15) is 0 Å². The Balaban J connectivity index is 1.85. The van der Waals surface area contributed by atoms with Gasteiger partial charge in [0.2, 0.25) is 5.75 Å². The van der Waals surface area contributed by atoms with Gasteiger partial charge in [-0.1, -0.05) is 6.07 Å². The molecule has 0 aliphatic carbocycles. The maximum atomic E-state index is 5.64. The van der Waals surface area contributed by atoms with Crippen LogP contribution in [0.2, 0.25) is 0 Å². The molecule has 0 saturated carbocycles. The zero-order valence-corrected chi connectivity index (χ0v) is 14.7. The molecule has 0 aromatic heterocycles. The first-order valence-corrected chi connectivity index (χ1v) is 8.36. The number of hydrogen-bond donors (Lipinski definition) is 0. The highest BCUT2D eigenvalue weighted by molar-refractivity contribution is 5.55. The van der Waals surface area contributed by atoms with Gasteiger partial charge in [-0.25, -0.2) is 0 Å². The highest BCUT2D eigenvalue weighted by atomic mass is 16.5. The monoisotopic (exact) mass is 320 g/mol. The van der Waals surface area contributed by atoms with Gasteiger partial charge in [-0.2, -0.15) is 0 Å². The SMILES string of the molecule is COc1ccc(CN2C[C@@H]3CC[C@H]2CN(C)C3)c(OC)c1OC. The first-order chi connectivity index (χ1) is 11.2. The van der Waals surface area contributed by atoms with Gasteiger partial charge in [-0.15, -0.1) is 0 Å². The average molecular weight is 320 g/mol. The fourth-order valence-corrected chi connectivity index (χ4v) is 4.11. The predicted octanol–water partition coefficient (Wildman–Crippen LogP) is 2.24. The minimum Gasteiger partial charge on any atom is -0.493 e. The van der Waals surface area contributed by atoms with E-state index in [1.807, 2.05) is 6.07 Å². The summed E-state index contributed by atoms with van der Waals surface area (Å²) in [6, 6.07) is 4.71. The molecule has 2 bridgehead atoms. The largest absolute Gasteiger partial charge is 0.493 e. The van der Waals surface area contributed by atoms with Crippen LogP contribution >= 0.6 is 0 Å². The van der Waals surface area contributed by atoms with Gasteiger partial charge in [0.25, 0.3) is 0 Å².